The SMILES string of the molecule is CCNCC1C[C@@H](Nc2nc(NCC(F)(F)F)nc(C)c2-c2nc3ccccc3s2)[C@@H]2OC(C)(C)O[C@H]12. The fraction of sp³-hybridized carbons (Fsp3) is 0.560. The first-order valence-corrected chi connectivity index (χ1v) is 13.2. The van der Waals surface area contributed by atoms with Gasteiger partial charge in [0.2, 0.25) is 5.95 Å². The van der Waals surface area contributed by atoms with Gasteiger partial charge in [-0.05, 0) is 45.9 Å². The van der Waals surface area contributed by atoms with Crippen LogP contribution in [0.3, 0.4) is 0 Å². The van der Waals surface area contributed by atoms with Crippen LogP contribution in [0.25, 0.3) is 20.8 Å². The molecule has 5 rings (SSSR count). The predicted molar refractivity (Wildman–Crippen MR) is 138 cm³/mol. The Morgan fingerprint density at radius 1 is 1.11 bits per heavy atom. The van der Waals surface area contributed by atoms with Gasteiger partial charge in [0.15, 0.2) is 5.79 Å². The molecule has 8 nitrogen and oxygen atoms in total. The monoisotopic (exact) mass is 536 g/mol. The highest BCUT2D eigenvalue weighted by Crippen LogP contribution is 2.44. The zero-order valence-electron chi connectivity index (χ0n) is 21.1. The molecule has 0 amide bonds. The maximum Gasteiger partial charge on any atom is 0.405 e. The second kappa shape index (κ2) is 9.97. The molecule has 3 aromatic rings. The van der Waals surface area contributed by atoms with Gasteiger partial charge in [-0.25, -0.2) is 9.97 Å². The van der Waals surface area contributed by atoms with Gasteiger partial charge in [-0.15, -0.1) is 11.3 Å². The van der Waals surface area contributed by atoms with Crippen LogP contribution >= 0.6 is 11.3 Å². The number of ether oxygens (including phenoxy) is 2. The Morgan fingerprint density at radius 2 is 1.86 bits per heavy atom. The van der Waals surface area contributed by atoms with Crippen molar-refractivity contribution in [1.29, 1.82) is 0 Å². The highest BCUT2D eigenvalue weighted by atomic mass is 32.1. The van der Waals surface area contributed by atoms with Crippen molar-refractivity contribution >= 4 is 33.3 Å². The number of nitrogens with zero attached hydrogens (tertiary/aromatic N) is 3. The van der Waals surface area contributed by atoms with E-state index in [2.05, 4.69) is 32.8 Å². The van der Waals surface area contributed by atoms with Gasteiger partial charge < -0.3 is 25.4 Å². The fourth-order valence-corrected chi connectivity index (χ4v) is 6.17. The van der Waals surface area contributed by atoms with E-state index < -0.39 is 18.5 Å². The molecule has 1 aromatic carbocycles. The number of anilines is 2. The molecule has 0 spiro atoms. The second-order valence-corrected chi connectivity index (χ2v) is 11.0. The molecule has 3 N–H and O–H groups in total. The van der Waals surface area contributed by atoms with E-state index in [0.29, 0.717) is 22.1 Å². The van der Waals surface area contributed by atoms with E-state index in [0.717, 1.165) is 29.7 Å². The Kier molecular flexibility index (Phi) is 7.03. The van der Waals surface area contributed by atoms with E-state index in [1.54, 1.807) is 6.92 Å². The maximum absolute atomic E-state index is 12.9. The second-order valence-electron chi connectivity index (χ2n) is 9.93. The first kappa shape index (κ1) is 26.1. The zero-order chi connectivity index (χ0) is 26.4. The van der Waals surface area contributed by atoms with Crippen LogP contribution in [0.15, 0.2) is 24.3 Å². The van der Waals surface area contributed by atoms with Crippen molar-refractivity contribution in [2.24, 2.45) is 5.92 Å². The molecule has 1 aliphatic heterocycles. The van der Waals surface area contributed by atoms with Crippen molar-refractivity contribution in [2.45, 2.75) is 64.3 Å². The Morgan fingerprint density at radius 3 is 2.59 bits per heavy atom. The third-order valence-corrected chi connectivity index (χ3v) is 7.66. The van der Waals surface area contributed by atoms with Crippen LogP contribution in [0, 0.1) is 12.8 Å². The normalized spacial score (nSPS) is 24.9. The molecule has 1 unspecified atom stereocenters. The summed E-state index contributed by atoms with van der Waals surface area (Å²) in [7, 11) is 0. The molecule has 2 aliphatic rings. The molecule has 1 saturated carbocycles. The van der Waals surface area contributed by atoms with Gasteiger partial charge in [0.1, 0.15) is 23.5 Å². The van der Waals surface area contributed by atoms with Crippen molar-refractivity contribution < 1.29 is 22.6 Å². The topological polar surface area (TPSA) is 93.2 Å². The minimum atomic E-state index is -4.39. The number of hydrogen-bond donors (Lipinski definition) is 3. The van der Waals surface area contributed by atoms with E-state index >= 15 is 0 Å². The largest absolute Gasteiger partial charge is 0.405 e. The minimum Gasteiger partial charge on any atom is -0.364 e. The summed E-state index contributed by atoms with van der Waals surface area (Å²) < 4.78 is 52.3. The molecule has 12 heteroatoms. The summed E-state index contributed by atoms with van der Waals surface area (Å²) in [6.45, 7) is 8.01. The number of fused-ring (bicyclic) bond motifs is 2. The molecule has 3 heterocycles. The lowest BCUT2D eigenvalue weighted by Gasteiger charge is -2.25. The standard InChI is InChI=1S/C25H31F3N6O2S/c1-5-29-11-14-10-16(20-19(14)35-24(3,4)36-20)32-21-18(22-33-15-8-6-7-9-17(15)37-22)13(2)31-23(34-21)30-12-25(26,27)28/h6-9,14,16,19-20,29H,5,10-12H2,1-4H3,(H2,30,31,32,34)/t14?,16-,19-,20+/m1/s1. The third-order valence-electron chi connectivity index (χ3n) is 6.60. The van der Waals surface area contributed by atoms with Gasteiger partial charge in [0.25, 0.3) is 0 Å². The lowest BCUT2D eigenvalue weighted by atomic mass is 10.1. The number of thiazole rings is 1. The number of halogens is 3. The van der Waals surface area contributed by atoms with Crippen LogP contribution in [-0.4, -0.2) is 64.8 Å². The zero-order valence-corrected chi connectivity index (χ0v) is 22.0. The summed E-state index contributed by atoms with van der Waals surface area (Å²) in [5, 5.41) is 9.93. The molecular formula is C25H31F3N6O2S. The summed E-state index contributed by atoms with van der Waals surface area (Å²) in [5.41, 5.74) is 2.04. The number of hydrogen-bond acceptors (Lipinski definition) is 9. The summed E-state index contributed by atoms with van der Waals surface area (Å²) in [6.07, 6.45) is -3.98. The van der Waals surface area contributed by atoms with E-state index in [-0.39, 0.29) is 30.1 Å². The smallest absolute Gasteiger partial charge is 0.364 e. The first-order valence-electron chi connectivity index (χ1n) is 12.4. The molecule has 2 fully saturated rings. The summed E-state index contributed by atoms with van der Waals surface area (Å²) in [4.78, 5) is 13.6. The number of rotatable bonds is 8. The first-order chi connectivity index (χ1) is 17.5. The van der Waals surface area contributed by atoms with Crippen LogP contribution < -0.4 is 16.0 Å². The molecular weight excluding hydrogens is 505 g/mol. The van der Waals surface area contributed by atoms with Gasteiger partial charge in [-0.2, -0.15) is 18.2 Å². The summed E-state index contributed by atoms with van der Waals surface area (Å²) >= 11 is 1.49. The number of para-hydroxylation sites is 1. The molecule has 200 valence electrons. The van der Waals surface area contributed by atoms with Gasteiger partial charge >= 0.3 is 6.18 Å². The maximum atomic E-state index is 12.9. The Balaban J connectivity index is 1.51. The lowest BCUT2D eigenvalue weighted by molar-refractivity contribution is -0.156. The third kappa shape index (κ3) is 5.66. The summed E-state index contributed by atoms with van der Waals surface area (Å²) in [6, 6.07) is 7.61. The lowest BCUT2D eigenvalue weighted by Crippen LogP contribution is -2.35. The predicted octanol–water partition coefficient (Wildman–Crippen LogP) is 4.97. The van der Waals surface area contributed by atoms with Gasteiger partial charge in [-0.3, -0.25) is 0 Å². The van der Waals surface area contributed by atoms with Crippen LogP contribution in [-0.2, 0) is 9.47 Å². The van der Waals surface area contributed by atoms with Crippen LogP contribution in [0.4, 0.5) is 24.9 Å². The van der Waals surface area contributed by atoms with Gasteiger partial charge in [-0.1, -0.05) is 19.1 Å². The van der Waals surface area contributed by atoms with Crippen molar-refractivity contribution in [3.63, 3.8) is 0 Å². The van der Waals surface area contributed by atoms with Crippen molar-refractivity contribution in [3.8, 4) is 10.6 Å². The van der Waals surface area contributed by atoms with Crippen molar-refractivity contribution in [3.05, 3.63) is 30.0 Å². The average Bonchev–Trinajstić information content (AvgIpc) is 3.47. The number of nitrogens with one attached hydrogen (secondary N) is 3. The Bertz CT molecular complexity index is 1230. The number of aromatic nitrogens is 3. The van der Waals surface area contributed by atoms with E-state index in [1.807, 2.05) is 38.1 Å². The molecule has 37 heavy (non-hydrogen) atoms. The summed E-state index contributed by atoms with van der Waals surface area (Å²) in [5.74, 6) is -0.181. The quantitative estimate of drug-likeness (QED) is 0.372. The number of alkyl halides is 3. The van der Waals surface area contributed by atoms with E-state index in [9.17, 15) is 13.2 Å². The Hall–Kier alpha value is -2.54. The minimum absolute atomic E-state index is 0.0927. The van der Waals surface area contributed by atoms with Gasteiger partial charge in [0.05, 0.1) is 33.6 Å². The van der Waals surface area contributed by atoms with Crippen molar-refractivity contribution in [1.82, 2.24) is 20.3 Å². The van der Waals surface area contributed by atoms with Crippen LogP contribution in [0.2, 0.25) is 0 Å². The molecule has 0 radical (unpaired) electrons. The molecule has 4 atom stereocenters. The average molecular weight is 537 g/mol. The highest BCUT2D eigenvalue weighted by Gasteiger charge is 2.54. The molecule has 2 aromatic heterocycles. The molecule has 0 bridgehead atoms. The van der Waals surface area contributed by atoms with E-state index in [1.165, 1.54) is 11.3 Å². The fourth-order valence-electron chi connectivity index (χ4n) is 5.10. The molecule has 1 saturated heterocycles. The number of benzene rings is 1. The van der Waals surface area contributed by atoms with Gasteiger partial charge in [0, 0.05) is 12.5 Å². The van der Waals surface area contributed by atoms with Crippen LogP contribution in [0.1, 0.15) is 32.9 Å². The molecule has 1 aliphatic carbocycles. The number of aryl methyl sites for hydroxylation is 1. The Labute approximate surface area is 217 Å². The van der Waals surface area contributed by atoms with Crippen LogP contribution in [0.5, 0.6) is 0 Å². The highest BCUT2D eigenvalue weighted by molar-refractivity contribution is 7.21. The van der Waals surface area contributed by atoms with E-state index in [4.69, 9.17) is 14.5 Å². The van der Waals surface area contributed by atoms with Crippen molar-refractivity contribution in [2.75, 3.05) is 30.3 Å².